The van der Waals surface area contributed by atoms with Gasteiger partial charge in [-0.15, -0.1) is 0 Å². The van der Waals surface area contributed by atoms with Crippen molar-refractivity contribution < 1.29 is 9.47 Å². The van der Waals surface area contributed by atoms with Crippen LogP contribution in [0.4, 0.5) is 5.69 Å². The third kappa shape index (κ3) is 6.19. The fourth-order valence-electron chi connectivity index (χ4n) is 3.04. The highest BCUT2D eigenvalue weighted by Gasteiger charge is 2.07. The van der Waals surface area contributed by atoms with E-state index in [1.807, 2.05) is 78.9 Å². The molecule has 0 bridgehead atoms. The summed E-state index contributed by atoms with van der Waals surface area (Å²) in [5.74, 6) is 2.37. The molecule has 0 aliphatic carbocycles. The van der Waals surface area contributed by atoms with Crippen LogP contribution in [0.5, 0.6) is 17.2 Å². The molecule has 0 unspecified atom stereocenters. The second-order valence-corrected chi connectivity index (χ2v) is 8.78. The molecule has 0 amide bonds. The fourth-order valence-corrected chi connectivity index (χ4v) is 4.04. The number of halogens is 3. The van der Waals surface area contributed by atoms with Gasteiger partial charge in [0.1, 0.15) is 23.9 Å². The second-order valence-electron chi connectivity index (χ2n) is 7.08. The molecule has 4 aromatic carbocycles. The predicted octanol–water partition coefficient (Wildman–Crippen LogP) is 8.74. The first kappa shape index (κ1) is 22.5. The number of benzene rings is 4. The molecule has 0 saturated heterocycles. The van der Waals surface area contributed by atoms with Crippen molar-refractivity contribution in [2.45, 2.75) is 13.2 Å². The van der Waals surface area contributed by atoms with E-state index in [1.54, 1.807) is 12.1 Å². The Morgan fingerprint density at radius 1 is 0.781 bits per heavy atom. The van der Waals surface area contributed by atoms with Crippen LogP contribution in [0.2, 0.25) is 10.0 Å². The van der Waals surface area contributed by atoms with E-state index in [2.05, 4.69) is 21.2 Å². The smallest absolute Gasteiger partial charge is 0.134 e. The van der Waals surface area contributed by atoms with E-state index < -0.39 is 0 Å². The average molecular weight is 529 g/mol. The van der Waals surface area contributed by atoms with E-state index in [1.165, 1.54) is 0 Å². The zero-order chi connectivity index (χ0) is 22.3. The molecule has 0 aliphatic rings. The molecule has 4 aromatic rings. The molecule has 0 saturated carbocycles. The lowest BCUT2D eigenvalue weighted by molar-refractivity contribution is 0.304. The Hall–Kier alpha value is -2.66. The summed E-state index contributed by atoms with van der Waals surface area (Å²) in [7, 11) is 0. The topological polar surface area (TPSA) is 30.5 Å². The molecule has 0 radical (unpaired) electrons. The van der Waals surface area contributed by atoms with Crippen molar-refractivity contribution in [1.82, 2.24) is 0 Å². The van der Waals surface area contributed by atoms with Crippen molar-refractivity contribution in [2.24, 2.45) is 0 Å². The van der Waals surface area contributed by atoms with Gasteiger partial charge < -0.3 is 14.8 Å². The van der Waals surface area contributed by atoms with Gasteiger partial charge in [-0.3, -0.25) is 0 Å². The quantitative estimate of drug-likeness (QED) is 0.248. The Kier molecular flexibility index (Phi) is 7.59. The molecule has 0 aromatic heterocycles. The summed E-state index contributed by atoms with van der Waals surface area (Å²) in [6.07, 6.45) is 0. The lowest BCUT2D eigenvalue weighted by atomic mass is 10.2. The summed E-state index contributed by atoms with van der Waals surface area (Å²) in [5.41, 5.74) is 3.02. The number of nitrogens with one attached hydrogen (secondary N) is 1. The van der Waals surface area contributed by atoms with Gasteiger partial charge in [-0.1, -0.05) is 53.5 Å². The number of anilines is 1. The van der Waals surface area contributed by atoms with Crippen LogP contribution in [0, 0.1) is 0 Å². The molecule has 0 spiro atoms. The fraction of sp³-hybridized carbons (Fsp3) is 0.0769. The number of hydrogen-bond acceptors (Lipinski definition) is 3. The van der Waals surface area contributed by atoms with Crippen LogP contribution in [0.3, 0.4) is 0 Å². The maximum atomic E-state index is 6.22. The molecular formula is C26H20BrCl2NO2. The van der Waals surface area contributed by atoms with Crippen LogP contribution in [0.15, 0.2) is 95.5 Å². The zero-order valence-electron chi connectivity index (χ0n) is 17.0. The molecule has 32 heavy (non-hydrogen) atoms. The molecule has 0 aliphatic heterocycles. The largest absolute Gasteiger partial charge is 0.488 e. The van der Waals surface area contributed by atoms with Crippen LogP contribution in [0.1, 0.15) is 11.1 Å². The first-order valence-electron chi connectivity index (χ1n) is 9.99. The van der Waals surface area contributed by atoms with Crippen LogP contribution in [0.25, 0.3) is 0 Å². The molecule has 0 atom stereocenters. The molecule has 0 fully saturated rings. The molecule has 162 valence electrons. The van der Waals surface area contributed by atoms with Crippen molar-refractivity contribution in [3.05, 3.63) is 117 Å². The van der Waals surface area contributed by atoms with Gasteiger partial charge in [0.15, 0.2) is 0 Å². The minimum absolute atomic E-state index is 0.365. The normalized spacial score (nSPS) is 10.6. The molecule has 0 heterocycles. The van der Waals surface area contributed by atoms with Gasteiger partial charge in [-0.05, 0) is 82.2 Å². The maximum Gasteiger partial charge on any atom is 0.134 e. The van der Waals surface area contributed by atoms with Gasteiger partial charge in [-0.2, -0.15) is 0 Å². The summed E-state index contributed by atoms with van der Waals surface area (Å²) >= 11 is 15.8. The summed E-state index contributed by atoms with van der Waals surface area (Å²) in [6.45, 7) is 1.05. The predicted molar refractivity (Wildman–Crippen MR) is 135 cm³/mol. The van der Waals surface area contributed by atoms with E-state index in [9.17, 15) is 0 Å². The van der Waals surface area contributed by atoms with E-state index in [-0.39, 0.29) is 0 Å². The van der Waals surface area contributed by atoms with Gasteiger partial charge >= 0.3 is 0 Å². The number of para-hydroxylation sites is 1. The standard InChI is InChI=1S/C26H20BrCl2NO2/c27-24-14-18(6-13-26(24)31-17-19-7-8-20(28)15-25(19)29)16-30-21-9-11-23(12-10-21)32-22-4-2-1-3-5-22/h1-15,30H,16-17H2. The number of rotatable bonds is 8. The lowest BCUT2D eigenvalue weighted by Crippen LogP contribution is -2.01. The van der Waals surface area contributed by atoms with Crippen molar-refractivity contribution >= 4 is 44.8 Å². The third-order valence-electron chi connectivity index (χ3n) is 4.72. The highest BCUT2D eigenvalue weighted by atomic mass is 79.9. The lowest BCUT2D eigenvalue weighted by Gasteiger charge is -2.12. The summed E-state index contributed by atoms with van der Waals surface area (Å²) in [5, 5.41) is 4.62. The van der Waals surface area contributed by atoms with Gasteiger partial charge in [-0.25, -0.2) is 0 Å². The van der Waals surface area contributed by atoms with E-state index in [4.69, 9.17) is 32.7 Å². The molecular weight excluding hydrogens is 509 g/mol. The SMILES string of the molecule is Clc1ccc(COc2ccc(CNc3ccc(Oc4ccccc4)cc3)cc2Br)c(Cl)c1. The van der Waals surface area contributed by atoms with E-state index in [0.29, 0.717) is 23.2 Å². The van der Waals surface area contributed by atoms with Crippen molar-refractivity contribution in [3.63, 3.8) is 0 Å². The minimum atomic E-state index is 0.365. The van der Waals surface area contributed by atoms with Crippen molar-refractivity contribution in [3.8, 4) is 17.2 Å². The van der Waals surface area contributed by atoms with Crippen LogP contribution in [-0.2, 0) is 13.2 Å². The van der Waals surface area contributed by atoms with Gasteiger partial charge in [0.2, 0.25) is 0 Å². The number of hydrogen-bond donors (Lipinski definition) is 1. The molecule has 6 heteroatoms. The second kappa shape index (κ2) is 10.8. The monoisotopic (exact) mass is 527 g/mol. The Morgan fingerprint density at radius 2 is 1.53 bits per heavy atom. The highest BCUT2D eigenvalue weighted by molar-refractivity contribution is 9.10. The first-order valence-corrected chi connectivity index (χ1v) is 11.5. The van der Waals surface area contributed by atoms with E-state index in [0.717, 1.165) is 38.5 Å². The van der Waals surface area contributed by atoms with Crippen LogP contribution < -0.4 is 14.8 Å². The summed E-state index contributed by atoms with van der Waals surface area (Å²) in [6, 6.07) is 29.0. The minimum Gasteiger partial charge on any atom is -0.488 e. The Balaban J connectivity index is 1.31. The third-order valence-corrected chi connectivity index (χ3v) is 5.93. The Bertz CT molecular complexity index is 1180. The first-order chi connectivity index (χ1) is 15.6. The van der Waals surface area contributed by atoms with Crippen LogP contribution >= 0.6 is 39.1 Å². The van der Waals surface area contributed by atoms with Gasteiger partial charge in [0.05, 0.1) is 4.47 Å². The zero-order valence-corrected chi connectivity index (χ0v) is 20.1. The number of ether oxygens (including phenoxy) is 2. The summed E-state index contributed by atoms with van der Waals surface area (Å²) in [4.78, 5) is 0. The highest BCUT2D eigenvalue weighted by Crippen LogP contribution is 2.29. The molecule has 3 nitrogen and oxygen atoms in total. The van der Waals surface area contributed by atoms with Gasteiger partial charge in [0.25, 0.3) is 0 Å². The average Bonchev–Trinajstić information content (AvgIpc) is 2.80. The van der Waals surface area contributed by atoms with Crippen LogP contribution in [-0.4, -0.2) is 0 Å². The molecule has 4 rings (SSSR count). The van der Waals surface area contributed by atoms with Gasteiger partial charge in [0, 0.05) is 27.8 Å². The summed E-state index contributed by atoms with van der Waals surface area (Å²) < 4.78 is 12.6. The van der Waals surface area contributed by atoms with Crippen molar-refractivity contribution in [2.75, 3.05) is 5.32 Å². The Morgan fingerprint density at radius 3 is 2.25 bits per heavy atom. The maximum absolute atomic E-state index is 6.22. The molecule has 1 N–H and O–H groups in total. The van der Waals surface area contributed by atoms with E-state index >= 15 is 0 Å². The Labute approximate surface area is 206 Å². The van der Waals surface area contributed by atoms with Crippen molar-refractivity contribution in [1.29, 1.82) is 0 Å².